The number of rotatable bonds is 6. The summed E-state index contributed by atoms with van der Waals surface area (Å²) < 4.78 is 0. The van der Waals surface area contributed by atoms with Crippen molar-refractivity contribution in [1.29, 1.82) is 0 Å². The second-order valence-electron chi connectivity index (χ2n) is 5.21. The molecule has 1 unspecified atom stereocenters. The first kappa shape index (κ1) is 15.8. The third kappa shape index (κ3) is 3.34. The van der Waals surface area contributed by atoms with Gasteiger partial charge in [-0.2, -0.15) is 0 Å². The van der Waals surface area contributed by atoms with Gasteiger partial charge >= 0.3 is 0 Å². The highest BCUT2D eigenvalue weighted by atomic mass is 35.5. The van der Waals surface area contributed by atoms with E-state index in [0.29, 0.717) is 28.2 Å². The van der Waals surface area contributed by atoms with Gasteiger partial charge in [-0.25, -0.2) is 0 Å². The number of carbonyl (C=O) groups excluding carboxylic acids is 1. The number of aliphatic hydroxyl groups excluding tert-OH is 1. The van der Waals surface area contributed by atoms with E-state index >= 15 is 0 Å². The second kappa shape index (κ2) is 6.90. The Balaban J connectivity index is 2.17. The average molecular weight is 316 g/mol. The van der Waals surface area contributed by atoms with Crippen molar-refractivity contribution in [3.8, 4) is 0 Å². The van der Waals surface area contributed by atoms with Crippen molar-refractivity contribution in [3.05, 3.63) is 33.8 Å². The van der Waals surface area contributed by atoms with E-state index in [0.717, 1.165) is 12.8 Å². The van der Waals surface area contributed by atoms with Crippen LogP contribution in [0.15, 0.2) is 18.2 Å². The number of aliphatic hydroxyl groups is 1. The van der Waals surface area contributed by atoms with Crippen molar-refractivity contribution in [2.45, 2.75) is 38.3 Å². The highest BCUT2D eigenvalue weighted by Gasteiger charge is 2.32. The number of nitrogens with zero attached hydrogens (tertiary/aromatic N) is 1. The van der Waals surface area contributed by atoms with Gasteiger partial charge in [0.25, 0.3) is 0 Å². The number of hydrogen-bond donors (Lipinski definition) is 1. The molecule has 20 heavy (non-hydrogen) atoms. The summed E-state index contributed by atoms with van der Waals surface area (Å²) in [4.78, 5) is 14.7. The van der Waals surface area contributed by atoms with Gasteiger partial charge in [0.2, 0.25) is 0 Å². The largest absolute Gasteiger partial charge is 0.395 e. The Morgan fingerprint density at radius 3 is 2.65 bits per heavy atom. The molecule has 0 saturated heterocycles. The van der Waals surface area contributed by atoms with Crippen LogP contribution in [-0.2, 0) is 0 Å². The summed E-state index contributed by atoms with van der Waals surface area (Å²) in [5.41, 5.74) is 0.492. The molecule has 1 aromatic rings. The van der Waals surface area contributed by atoms with E-state index in [-0.39, 0.29) is 18.4 Å². The van der Waals surface area contributed by atoms with Gasteiger partial charge in [-0.3, -0.25) is 9.69 Å². The summed E-state index contributed by atoms with van der Waals surface area (Å²) in [6.45, 7) is 2.45. The lowest BCUT2D eigenvalue weighted by Gasteiger charge is -2.40. The number of ketones is 1. The number of halogens is 2. The van der Waals surface area contributed by atoms with Gasteiger partial charge in [-0.05, 0) is 38.0 Å². The molecule has 1 atom stereocenters. The zero-order chi connectivity index (χ0) is 14.7. The number of hydrogen-bond acceptors (Lipinski definition) is 3. The molecule has 110 valence electrons. The number of Topliss-reactive ketones (excluding diaryl/α,β-unsaturated/α-hetero) is 1. The van der Waals surface area contributed by atoms with E-state index in [1.807, 2.05) is 6.92 Å². The highest BCUT2D eigenvalue weighted by molar-refractivity contribution is 6.37. The molecular weight excluding hydrogens is 297 g/mol. The van der Waals surface area contributed by atoms with Gasteiger partial charge in [-0.15, -0.1) is 0 Å². The quantitative estimate of drug-likeness (QED) is 0.818. The first-order valence-electron chi connectivity index (χ1n) is 6.90. The molecule has 1 aliphatic carbocycles. The van der Waals surface area contributed by atoms with Gasteiger partial charge in [0.05, 0.1) is 17.7 Å². The molecule has 0 aliphatic heterocycles. The standard InChI is InChI=1S/C15H19Cl2NO2/c1-10(18(7-8-19)12-3-2-4-12)15(20)13-6-5-11(16)9-14(13)17/h5-6,9-10,12,19H,2-4,7-8H2,1H3. The smallest absolute Gasteiger partial charge is 0.181 e. The van der Waals surface area contributed by atoms with E-state index in [4.69, 9.17) is 23.2 Å². The van der Waals surface area contributed by atoms with Crippen molar-refractivity contribution >= 4 is 29.0 Å². The fraction of sp³-hybridized carbons (Fsp3) is 0.533. The maximum absolute atomic E-state index is 12.6. The summed E-state index contributed by atoms with van der Waals surface area (Å²) in [6, 6.07) is 5.04. The van der Waals surface area contributed by atoms with Crippen LogP contribution in [0.3, 0.4) is 0 Å². The van der Waals surface area contributed by atoms with Crippen molar-refractivity contribution in [2.75, 3.05) is 13.2 Å². The summed E-state index contributed by atoms with van der Waals surface area (Å²) in [5.74, 6) is -0.0213. The van der Waals surface area contributed by atoms with Gasteiger partial charge in [0.1, 0.15) is 0 Å². The molecule has 0 aromatic heterocycles. The molecule has 0 heterocycles. The fourth-order valence-electron chi connectivity index (χ4n) is 2.59. The lowest BCUT2D eigenvalue weighted by Crippen LogP contribution is -2.50. The van der Waals surface area contributed by atoms with Crippen LogP contribution in [0.1, 0.15) is 36.5 Å². The van der Waals surface area contributed by atoms with Crippen LogP contribution >= 0.6 is 23.2 Å². The van der Waals surface area contributed by atoms with Crippen molar-refractivity contribution in [1.82, 2.24) is 4.90 Å². The third-order valence-electron chi connectivity index (χ3n) is 3.98. The molecule has 0 spiro atoms. The van der Waals surface area contributed by atoms with Crippen molar-refractivity contribution in [2.24, 2.45) is 0 Å². The zero-order valence-electron chi connectivity index (χ0n) is 11.5. The van der Waals surface area contributed by atoms with Crippen molar-refractivity contribution in [3.63, 3.8) is 0 Å². The molecule has 1 aromatic carbocycles. The summed E-state index contributed by atoms with van der Waals surface area (Å²) in [7, 11) is 0. The predicted octanol–water partition coefficient (Wildman–Crippen LogP) is 3.41. The first-order chi connectivity index (χ1) is 9.54. The molecule has 1 aliphatic rings. The van der Waals surface area contributed by atoms with E-state index in [2.05, 4.69) is 4.90 Å². The summed E-state index contributed by atoms with van der Waals surface area (Å²) in [5, 5.41) is 10.1. The fourth-order valence-corrected chi connectivity index (χ4v) is 3.09. The average Bonchev–Trinajstić information content (AvgIpc) is 2.34. The lowest BCUT2D eigenvalue weighted by atomic mass is 9.89. The van der Waals surface area contributed by atoms with Crippen LogP contribution in [0, 0.1) is 0 Å². The minimum Gasteiger partial charge on any atom is -0.395 e. The van der Waals surface area contributed by atoms with Crippen LogP contribution in [0.4, 0.5) is 0 Å². The van der Waals surface area contributed by atoms with Crippen molar-refractivity contribution < 1.29 is 9.90 Å². The molecule has 0 bridgehead atoms. The lowest BCUT2D eigenvalue weighted by molar-refractivity contribution is 0.0528. The van der Waals surface area contributed by atoms with E-state index < -0.39 is 0 Å². The van der Waals surface area contributed by atoms with E-state index in [1.54, 1.807) is 18.2 Å². The van der Waals surface area contributed by atoms with Gasteiger partial charge in [0.15, 0.2) is 5.78 Å². The van der Waals surface area contributed by atoms with Gasteiger partial charge < -0.3 is 5.11 Å². The zero-order valence-corrected chi connectivity index (χ0v) is 13.0. The first-order valence-corrected chi connectivity index (χ1v) is 7.66. The Hall–Kier alpha value is -0.610. The second-order valence-corrected chi connectivity index (χ2v) is 6.05. The monoisotopic (exact) mass is 315 g/mol. The Labute approximate surface area is 129 Å². The maximum atomic E-state index is 12.6. The predicted molar refractivity (Wildman–Crippen MR) is 81.7 cm³/mol. The molecular formula is C15H19Cl2NO2. The molecule has 0 amide bonds. The normalized spacial score (nSPS) is 17.1. The minimum atomic E-state index is -0.286. The molecule has 3 nitrogen and oxygen atoms in total. The molecule has 0 radical (unpaired) electrons. The Kier molecular flexibility index (Phi) is 5.44. The van der Waals surface area contributed by atoms with Crippen LogP contribution in [0.25, 0.3) is 0 Å². The summed E-state index contributed by atoms with van der Waals surface area (Å²) >= 11 is 12.0. The van der Waals surface area contributed by atoms with Crippen LogP contribution in [0.5, 0.6) is 0 Å². The van der Waals surface area contributed by atoms with Gasteiger partial charge in [0, 0.05) is 23.2 Å². The number of benzene rings is 1. The van der Waals surface area contributed by atoms with E-state index in [9.17, 15) is 9.90 Å². The Morgan fingerprint density at radius 1 is 1.45 bits per heavy atom. The van der Waals surface area contributed by atoms with Crippen LogP contribution < -0.4 is 0 Å². The van der Waals surface area contributed by atoms with Crippen LogP contribution in [0.2, 0.25) is 10.0 Å². The summed E-state index contributed by atoms with van der Waals surface area (Å²) in [6.07, 6.45) is 3.37. The molecule has 5 heteroatoms. The Morgan fingerprint density at radius 2 is 2.15 bits per heavy atom. The molecule has 2 rings (SSSR count). The SMILES string of the molecule is CC(C(=O)c1ccc(Cl)cc1Cl)N(CCO)C1CCC1. The Bertz CT molecular complexity index is 489. The highest BCUT2D eigenvalue weighted by Crippen LogP contribution is 2.29. The molecule has 1 fully saturated rings. The minimum absolute atomic E-state index is 0.0213. The van der Waals surface area contributed by atoms with E-state index in [1.165, 1.54) is 6.42 Å². The van der Waals surface area contributed by atoms with Crippen LogP contribution in [-0.4, -0.2) is 41.0 Å². The number of carbonyl (C=O) groups is 1. The third-order valence-corrected chi connectivity index (χ3v) is 4.52. The topological polar surface area (TPSA) is 40.5 Å². The molecule has 1 saturated carbocycles. The molecule has 1 N–H and O–H groups in total. The maximum Gasteiger partial charge on any atom is 0.181 e. The van der Waals surface area contributed by atoms with Gasteiger partial charge in [-0.1, -0.05) is 29.6 Å².